The minimum atomic E-state index is -0.467. The topological polar surface area (TPSA) is 47.9 Å². The Hall–Kier alpha value is -0.160. The van der Waals surface area contributed by atoms with Crippen LogP contribution in [0.5, 0.6) is 0 Å². The summed E-state index contributed by atoms with van der Waals surface area (Å²) >= 11 is 0. The number of hydrogen-bond acceptors (Lipinski definition) is 4. The Morgan fingerprint density at radius 2 is 2.31 bits per heavy atom. The summed E-state index contributed by atoms with van der Waals surface area (Å²) in [7, 11) is 0. The Kier molecular flexibility index (Phi) is 4.12. The summed E-state index contributed by atoms with van der Waals surface area (Å²) in [5.74, 6) is -0.467. The van der Waals surface area contributed by atoms with Crippen molar-refractivity contribution in [2.45, 2.75) is 32.2 Å². The van der Waals surface area contributed by atoms with E-state index >= 15 is 0 Å². The van der Waals surface area contributed by atoms with Crippen LogP contribution in [-0.2, 0) is 14.2 Å². The molecule has 1 fully saturated rings. The summed E-state index contributed by atoms with van der Waals surface area (Å²) in [4.78, 5) is 0. The molecule has 0 aromatic carbocycles. The lowest BCUT2D eigenvalue weighted by atomic mass is 10.4. The van der Waals surface area contributed by atoms with E-state index in [1.165, 1.54) is 0 Å². The Labute approximate surface area is 78.8 Å². The fourth-order valence-electron chi connectivity index (χ4n) is 1.23. The monoisotopic (exact) mass is 190 g/mol. The van der Waals surface area contributed by atoms with Gasteiger partial charge >= 0.3 is 0 Å². The third-order valence-electron chi connectivity index (χ3n) is 1.82. The van der Waals surface area contributed by atoms with Gasteiger partial charge in [-0.05, 0) is 20.3 Å². The zero-order chi connectivity index (χ0) is 9.73. The molecule has 0 amide bonds. The van der Waals surface area contributed by atoms with E-state index in [0.717, 1.165) is 0 Å². The largest absolute Gasteiger partial charge is 0.396 e. The molecule has 4 nitrogen and oxygen atoms in total. The van der Waals surface area contributed by atoms with Gasteiger partial charge in [0.05, 0.1) is 13.2 Å². The van der Waals surface area contributed by atoms with Crippen molar-refractivity contribution < 1.29 is 19.3 Å². The van der Waals surface area contributed by atoms with E-state index in [1.54, 1.807) is 0 Å². The van der Waals surface area contributed by atoms with Gasteiger partial charge < -0.3 is 19.3 Å². The van der Waals surface area contributed by atoms with Crippen LogP contribution >= 0.6 is 0 Å². The minimum absolute atomic E-state index is 0.0358. The molecule has 1 atom stereocenters. The Morgan fingerprint density at radius 1 is 1.54 bits per heavy atom. The molecule has 1 aliphatic rings. The van der Waals surface area contributed by atoms with Crippen LogP contribution < -0.4 is 0 Å². The van der Waals surface area contributed by atoms with Gasteiger partial charge in [-0.3, -0.25) is 0 Å². The number of rotatable bonds is 5. The smallest absolute Gasteiger partial charge is 0.163 e. The van der Waals surface area contributed by atoms with E-state index in [9.17, 15) is 0 Å². The molecule has 1 heterocycles. The SMILES string of the molecule is CC1(C)OCC(COCCCO)O1. The quantitative estimate of drug-likeness (QED) is 0.643. The van der Waals surface area contributed by atoms with Crippen LogP contribution in [0, 0.1) is 0 Å². The first kappa shape index (κ1) is 10.9. The van der Waals surface area contributed by atoms with Crippen LogP contribution in [0.2, 0.25) is 0 Å². The summed E-state index contributed by atoms with van der Waals surface area (Å²) in [5.41, 5.74) is 0. The van der Waals surface area contributed by atoms with Crippen molar-refractivity contribution in [1.29, 1.82) is 0 Å². The summed E-state index contributed by atoms with van der Waals surface area (Å²) in [6, 6.07) is 0. The highest BCUT2D eigenvalue weighted by Gasteiger charge is 2.32. The molecule has 1 unspecified atom stereocenters. The third-order valence-corrected chi connectivity index (χ3v) is 1.82. The second kappa shape index (κ2) is 4.91. The number of aliphatic hydroxyl groups excluding tert-OH is 1. The molecule has 0 spiro atoms. The Balaban J connectivity index is 2.04. The summed E-state index contributed by atoms with van der Waals surface area (Å²) in [5, 5.41) is 8.51. The van der Waals surface area contributed by atoms with Crippen LogP contribution in [0.4, 0.5) is 0 Å². The lowest BCUT2D eigenvalue weighted by Gasteiger charge is -2.16. The fourth-order valence-corrected chi connectivity index (χ4v) is 1.23. The molecule has 0 saturated carbocycles. The highest BCUT2D eigenvalue weighted by Crippen LogP contribution is 2.22. The van der Waals surface area contributed by atoms with Crippen molar-refractivity contribution in [1.82, 2.24) is 0 Å². The van der Waals surface area contributed by atoms with E-state index in [1.807, 2.05) is 13.8 Å². The van der Waals surface area contributed by atoms with Crippen molar-refractivity contribution in [3.05, 3.63) is 0 Å². The molecule has 13 heavy (non-hydrogen) atoms. The van der Waals surface area contributed by atoms with Crippen molar-refractivity contribution in [3.63, 3.8) is 0 Å². The van der Waals surface area contributed by atoms with Crippen LogP contribution in [0.1, 0.15) is 20.3 Å². The first-order chi connectivity index (χ1) is 6.14. The normalized spacial score (nSPS) is 26.5. The first-order valence-corrected chi connectivity index (χ1v) is 4.64. The van der Waals surface area contributed by atoms with Crippen LogP contribution in [0.15, 0.2) is 0 Å². The Morgan fingerprint density at radius 3 is 2.85 bits per heavy atom. The molecule has 1 rings (SSSR count). The van der Waals surface area contributed by atoms with E-state index < -0.39 is 5.79 Å². The van der Waals surface area contributed by atoms with Gasteiger partial charge in [0.2, 0.25) is 0 Å². The predicted octanol–water partition coefficient (Wildman–Crippen LogP) is 0.537. The van der Waals surface area contributed by atoms with Gasteiger partial charge in [-0.15, -0.1) is 0 Å². The lowest BCUT2D eigenvalue weighted by molar-refractivity contribution is -0.145. The van der Waals surface area contributed by atoms with E-state index in [0.29, 0.717) is 26.2 Å². The molecule has 1 aliphatic heterocycles. The molecule has 0 aliphatic carbocycles. The van der Waals surface area contributed by atoms with Crippen molar-refractivity contribution in [2.24, 2.45) is 0 Å². The summed E-state index contributed by atoms with van der Waals surface area (Å²) in [6.45, 7) is 5.67. The van der Waals surface area contributed by atoms with E-state index in [2.05, 4.69) is 0 Å². The first-order valence-electron chi connectivity index (χ1n) is 4.64. The zero-order valence-corrected chi connectivity index (χ0v) is 8.28. The van der Waals surface area contributed by atoms with E-state index in [4.69, 9.17) is 19.3 Å². The fraction of sp³-hybridized carbons (Fsp3) is 1.00. The molecule has 1 saturated heterocycles. The lowest BCUT2D eigenvalue weighted by Crippen LogP contribution is -2.24. The number of aliphatic hydroxyl groups is 1. The zero-order valence-electron chi connectivity index (χ0n) is 8.28. The second-order valence-electron chi connectivity index (χ2n) is 3.60. The molecule has 0 radical (unpaired) electrons. The molecular weight excluding hydrogens is 172 g/mol. The van der Waals surface area contributed by atoms with Crippen LogP contribution in [0.25, 0.3) is 0 Å². The van der Waals surface area contributed by atoms with Gasteiger partial charge in [0, 0.05) is 13.2 Å². The number of hydrogen-bond donors (Lipinski definition) is 1. The van der Waals surface area contributed by atoms with Gasteiger partial charge in [0.25, 0.3) is 0 Å². The highest BCUT2D eigenvalue weighted by atomic mass is 16.7. The molecule has 78 valence electrons. The molecule has 0 aromatic heterocycles. The standard InChI is InChI=1S/C9H18O4/c1-9(2)12-7-8(13-9)6-11-5-3-4-10/h8,10H,3-7H2,1-2H3. The maximum Gasteiger partial charge on any atom is 0.163 e. The minimum Gasteiger partial charge on any atom is -0.396 e. The van der Waals surface area contributed by atoms with Crippen LogP contribution in [-0.4, -0.2) is 43.4 Å². The molecule has 0 bridgehead atoms. The van der Waals surface area contributed by atoms with Crippen molar-refractivity contribution in [3.8, 4) is 0 Å². The average Bonchev–Trinajstić information content (AvgIpc) is 2.40. The predicted molar refractivity (Wildman–Crippen MR) is 47.4 cm³/mol. The summed E-state index contributed by atoms with van der Waals surface area (Å²) < 4.78 is 16.2. The van der Waals surface area contributed by atoms with Gasteiger partial charge in [0.1, 0.15) is 6.10 Å². The maximum atomic E-state index is 8.51. The van der Waals surface area contributed by atoms with Gasteiger partial charge in [-0.25, -0.2) is 0 Å². The highest BCUT2D eigenvalue weighted by molar-refractivity contribution is 4.69. The molecular formula is C9H18O4. The molecule has 4 heteroatoms. The third kappa shape index (κ3) is 4.04. The molecule has 0 aromatic rings. The van der Waals surface area contributed by atoms with Crippen LogP contribution in [0.3, 0.4) is 0 Å². The average molecular weight is 190 g/mol. The maximum absolute atomic E-state index is 8.51. The van der Waals surface area contributed by atoms with E-state index in [-0.39, 0.29) is 12.7 Å². The number of ether oxygens (including phenoxy) is 3. The Bertz CT molecular complexity index is 147. The van der Waals surface area contributed by atoms with Crippen molar-refractivity contribution >= 4 is 0 Å². The van der Waals surface area contributed by atoms with Gasteiger partial charge in [0.15, 0.2) is 5.79 Å². The molecule has 1 N–H and O–H groups in total. The van der Waals surface area contributed by atoms with Gasteiger partial charge in [-0.1, -0.05) is 0 Å². The van der Waals surface area contributed by atoms with Gasteiger partial charge in [-0.2, -0.15) is 0 Å². The summed E-state index contributed by atoms with van der Waals surface area (Å²) in [6.07, 6.45) is 0.713. The van der Waals surface area contributed by atoms with Crippen molar-refractivity contribution in [2.75, 3.05) is 26.4 Å². The second-order valence-corrected chi connectivity index (χ2v) is 3.60.